The molecule has 0 fully saturated rings. The Kier molecular flexibility index (Phi) is 3.02. The number of aromatic nitrogens is 2. The molecule has 0 unspecified atom stereocenters. The van der Waals surface area contributed by atoms with E-state index in [4.69, 9.17) is 0 Å². The van der Waals surface area contributed by atoms with Crippen molar-refractivity contribution in [3.05, 3.63) is 42.6 Å². The number of rotatable bonds is 3. The minimum absolute atomic E-state index is 0.825. The van der Waals surface area contributed by atoms with Gasteiger partial charge in [0.15, 0.2) is 5.16 Å². The molecule has 0 aliphatic heterocycles. The zero-order valence-corrected chi connectivity index (χ0v) is 9.42. The highest BCUT2D eigenvalue weighted by atomic mass is 32.2. The molecule has 0 bridgehead atoms. The summed E-state index contributed by atoms with van der Waals surface area (Å²) < 4.78 is 0. The van der Waals surface area contributed by atoms with Crippen molar-refractivity contribution in [2.75, 3.05) is 5.75 Å². The van der Waals surface area contributed by atoms with Gasteiger partial charge in [-0.1, -0.05) is 36.0 Å². The number of thioether (sulfide) groups is 1. The van der Waals surface area contributed by atoms with Gasteiger partial charge in [0, 0.05) is 16.8 Å². The molecule has 0 aliphatic carbocycles. The Balaban J connectivity index is 2.47. The fraction of sp³-hybridized carbons (Fsp3) is 0.167. The van der Waals surface area contributed by atoms with Crippen molar-refractivity contribution in [1.82, 2.24) is 9.97 Å². The van der Waals surface area contributed by atoms with Gasteiger partial charge in [-0.15, -0.1) is 6.58 Å². The number of para-hydroxylation sites is 1. The Morgan fingerprint density at radius 1 is 1.33 bits per heavy atom. The summed E-state index contributed by atoms with van der Waals surface area (Å²) >= 11 is 1.61. The zero-order valence-electron chi connectivity index (χ0n) is 8.60. The lowest BCUT2D eigenvalue weighted by molar-refractivity contribution is 0.971. The smallest absolute Gasteiger partial charge is 0.188 e. The van der Waals surface area contributed by atoms with Crippen LogP contribution in [0.5, 0.6) is 0 Å². The van der Waals surface area contributed by atoms with E-state index in [0.717, 1.165) is 27.5 Å². The van der Waals surface area contributed by atoms with Crippen molar-refractivity contribution in [2.24, 2.45) is 0 Å². The van der Waals surface area contributed by atoms with E-state index in [0.29, 0.717) is 0 Å². The minimum Gasteiger partial charge on any atom is -0.227 e. The molecule has 0 amide bonds. The van der Waals surface area contributed by atoms with Crippen molar-refractivity contribution in [3.63, 3.8) is 0 Å². The van der Waals surface area contributed by atoms with Crippen LogP contribution < -0.4 is 0 Å². The monoisotopic (exact) mass is 216 g/mol. The van der Waals surface area contributed by atoms with Crippen LogP contribution in [-0.2, 0) is 0 Å². The normalized spacial score (nSPS) is 10.5. The Labute approximate surface area is 93.4 Å². The van der Waals surface area contributed by atoms with Crippen LogP contribution >= 0.6 is 11.8 Å². The molecule has 0 N–H and O–H groups in total. The third-order valence-electron chi connectivity index (χ3n) is 2.10. The first kappa shape index (κ1) is 10.2. The fourth-order valence-corrected chi connectivity index (χ4v) is 2.04. The van der Waals surface area contributed by atoms with Crippen molar-refractivity contribution in [1.29, 1.82) is 0 Å². The molecule has 2 rings (SSSR count). The summed E-state index contributed by atoms with van der Waals surface area (Å²) in [7, 11) is 0. The molecule has 1 aromatic carbocycles. The highest BCUT2D eigenvalue weighted by molar-refractivity contribution is 7.99. The maximum atomic E-state index is 4.48. The van der Waals surface area contributed by atoms with Crippen LogP contribution in [0.25, 0.3) is 10.9 Å². The van der Waals surface area contributed by atoms with Gasteiger partial charge in [-0.2, -0.15) is 0 Å². The largest absolute Gasteiger partial charge is 0.227 e. The standard InChI is InChI=1S/C12H12N2S/c1-3-8-15-12-13-9(2)10-6-4-5-7-11(10)14-12/h3-7H,1,8H2,2H3. The Hall–Kier alpha value is -1.35. The van der Waals surface area contributed by atoms with Gasteiger partial charge in [-0.3, -0.25) is 0 Å². The third kappa shape index (κ3) is 2.18. The fourth-order valence-electron chi connectivity index (χ4n) is 1.41. The first-order valence-corrected chi connectivity index (χ1v) is 5.77. The van der Waals surface area contributed by atoms with E-state index >= 15 is 0 Å². The highest BCUT2D eigenvalue weighted by Gasteiger charge is 2.02. The Morgan fingerprint density at radius 3 is 2.93 bits per heavy atom. The van der Waals surface area contributed by atoms with Crippen LogP contribution in [0, 0.1) is 6.92 Å². The molecular weight excluding hydrogens is 204 g/mol. The predicted octanol–water partition coefficient (Wildman–Crippen LogP) is 3.22. The second-order valence-electron chi connectivity index (χ2n) is 3.21. The summed E-state index contributed by atoms with van der Waals surface area (Å²) in [5.41, 5.74) is 2.05. The number of aryl methyl sites for hydroxylation is 1. The molecule has 1 heterocycles. The van der Waals surface area contributed by atoms with E-state index in [9.17, 15) is 0 Å². The lowest BCUT2D eigenvalue weighted by Crippen LogP contribution is -1.92. The number of hydrogen-bond acceptors (Lipinski definition) is 3. The number of fused-ring (bicyclic) bond motifs is 1. The number of benzene rings is 1. The summed E-state index contributed by atoms with van der Waals surface area (Å²) in [6, 6.07) is 8.07. The van der Waals surface area contributed by atoms with Crippen LogP contribution in [0.2, 0.25) is 0 Å². The van der Waals surface area contributed by atoms with E-state index in [-0.39, 0.29) is 0 Å². The summed E-state index contributed by atoms with van der Waals surface area (Å²) in [6.45, 7) is 5.70. The maximum absolute atomic E-state index is 4.48. The van der Waals surface area contributed by atoms with Gasteiger partial charge in [-0.25, -0.2) is 9.97 Å². The predicted molar refractivity (Wildman–Crippen MR) is 65.2 cm³/mol. The van der Waals surface area contributed by atoms with E-state index in [1.165, 1.54) is 0 Å². The summed E-state index contributed by atoms with van der Waals surface area (Å²) in [6.07, 6.45) is 1.86. The van der Waals surface area contributed by atoms with Gasteiger partial charge in [-0.05, 0) is 13.0 Å². The second kappa shape index (κ2) is 4.45. The molecule has 76 valence electrons. The molecular formula is C12H12N2S. The Morgan fingerprint density at radius 2 is 2.13 bits per heavy atom. The molecule has 0 spiro atoms. The quantitative estimate of drug-likeness (QED) is 0.447. The minimum atomic E-state index is 0.825. The van der Waals surface area contributed by atoms with Crippen molar-refractivity contribution in [2.45, 2.75) is 12.1 Å². The molecule has 0 aliphatic rings. The van der Waals surface area contributed by atoms with E-state index in [1.807, 2.05) is 37.3 Å². The molecule has 2 aromatic rings. The van der Waals surface area contributed by atoms with Gasteiger partial charge >= 0.3 is 0 Å². The molecule has 15 heavy (non-hydrogen) atoms. The zero-order chi connectivity index (χ0) is 10.7. The molecule has 1 aromatic heterocycles. The molecule has 0 radical (unpaired) electrons. The average Bonchev–Trinajstić information content (AvgIpc) is 2.26. The van der Waals surface area contributed by atoms with Gasteiger partial charge in [0.25, 0.3) is 0 Å². The highest BCUT2D eigenvalue weighted by Crippen LogP contribution is 2.19. The first-order valence-electron chi connectivity index (χ1n) is 4.78. The lowest BCUT2D eigenvalue weighted by Gasteiger charge is -2.03. The first-order chi connectivity index (χ1) is 7.31. The lowest BCUT2D eigenvalue weighted by atomic mass is 10.2. The topological polar surface area (TPSA) is 25.8 Å². The molecule has 0 atom stereocenters. The van der Waals surface area contributed by atoms with Crippen molar-refractivity contribution < 1.29 is 0 Å². The van der Waals surface area contributed by atoms with Gasteiger partial charge in [0.2, 0.25) is 0 Å². The van der Waals surface area contributed by atoms with Crippen LogP contribution in [0.4, 0.5) is 0 Å². The molecule has 0 saturated heterocycles. The maximum Gasteiger partial charge on any atom is 0.188 e. The summed E-state index contributed by atoms with van der Waals surface area (Å²) in [5.74, 6) is 0.845. The van der Waals surface area contributed by atoms with Gasteiger partial charge < -0.3 is 0 Å². The van der Waals surface area contributed by atoms with Crippen molar-refractivity contribution >= 4 is 22.7 Å². The van der Waals surface area contributed by atoms with Crippen molar-refractivity contribution in [3.8, 4) is 0 Å². The average molecular weight is 216 g/mol. The SMILES string of the molecule is C=CCSc1nc(C)c2ccccc2n1. The third-order valence-corrected chi connectivity index (χ3v) is 2.95. The van der Waals surface area contributed by atoms with Crippen LogP contribution in [0.15, 0.2) is 42.1 Å². The molecule has 3 heteroatoms. The van der Waals surface area contributed by atoms with E-state index < -0.39 is 0 Å². The summed E-state index contributed by atoms with van der Waals surface area (Å²) in [5, 5.41) is 1.95. The van der Waals surface area contributed by atoms with E-state index in [2.05, 4.69) is 16.5 Å². The Bertz CT molecular complexity index is 494. The van der Waals surface area contributed by atoms with Crippen LogP contribution in [0.1, 0.15) is 5.69 Å². The molecule has 0 saturated carbocycles. The second-order valence-corrected chi connectivity index (χ2v) is 4.20. The van der Waals surface area contributed by atoms with Gasteiger partial charge in [0.1, 0.15) is 0 Å². The van der Waals surface area contributed by atoms with Crippen LogP contribution in [0.3, 0.4) is 0 Å². The van der Waals surface area contributed by atoms with Crippen LogP contribution in [-0.4, -0.2) is 15.7 Å². The number of hydrogen-bond donors (Lipinski definition) is 0. The molecule has 2 nitrogen and oxygen atoms in total. The van der Waals surface area contributed by atoms with Gasteiger partial charge in [0.05, 0.1) is 5.52 Å². The number of nitrogens with zero attached hydrogens (tertiary/aromatic N) is 2. The summed E-state index contributed by atoms with van der Waals surface area (Å²) in [4.78, 5) is 8.92. The van der Waals surface area contributed by atoms with E-state index in [1.54, 1.807) is 11.8 Å².